The number of carbonyl (C=O) groups excluding carboxylic acids is 3. The molecule has 1 aliphatic heterocycles. The predicted octanol–water partition coefficient (Wildman–Crippen LogP) is 3.98. The Hall–Kier alpha value is -2.86. The lowest BCUT2D eigenvalue weighted by atomic mass is 10.1. The molecule has 0 radical (unpaired) electrons. The van der Waals surface area contributed by atoms with Crippen LogP contribution in [-0.4, -0.2) is 53.8 Å². The molecule has 0 aliphatic carbocycles. The monoisotopic (exact) mass is 441 g/mol. The van der Waals surface area contributed by atoms with Crippen LogP contribution in [0.5, 0.6) is 0 Å². The van der Waals surface area contributed by atoms with Crippen LogP contribution in [0.3, 0.4) is 0 Å². The van der Waals surface area contributed by atoms with Crippen LogP contribution in [0.1, 0.15) is 42.6 Å². The van der Waals surface area contributed by atoms with Crippen LogP contribution in [0.25, 0.3) is 0 Å². The summed E-state index contributed by atoms with van der Waals surface area (Å²) in [5, 5.41) is 0.582. The second-order valence-corrected chi connectivity index (χ2v) is 8.09. The molecule has 0 aromatic heterocycles. The molecule has 3 rings (SSSR count). The van der Waals surface area contributed by atoms with Crippen LogP contribution in [0.4, 0.5) is 5.69 Å². The maximum absolute atomic E-state index is 12.9. The molecule has 1 saturated heterocycles. The molecule has 164 valence electrons. The van der Waals surface area contributed by atoms with Gasteiger partial charge in [0, 0.05) is 22.8 Å². The molecule has 0 N–H and O–H groups in total. The van der Waals surface area contributed by atoms with E-state index in [-0.39, 0.29) is 37.5 Å². The standard InChI is InChI=1S/C24H28ClN3O3/c1-3-5-6-18-7-9-19(10-8-18)24(31)26(4-2)15-22(29)27-16-23(30)28(17-27)21-13-11-20(25)12-14-21/h7-14H,3-6,15-17H2,1-2H3. The number of amides is 3. The molecule has 1 fully saturated rings. The Labute approximate surface area is 188 Å². The highest BCUT2D eigenvalue weighted by Gasteiger charge is 2.32. The predicted molar refractivity (Wildman–Crippen MR) is 122 cm³/mol. The molecular formula is C24H28ClN3O3. The van der Waals surface area contributed by atoms with Gasteiger partial charge >= 0.3 is 0 Å². The van der Waals surface area contributed by atoms with Crippen LogP contribution < -0.4 is 4.90 Å². The molecule has 0 spiro atoms. The van der Waals surface area contributed by atoms with Gasteiger partial charge in [0.2, 0.25) is 11.8 Å². The summed E-state index contributed by atoms with van der Waals surface area (Å²) in [7, 11) is 0. The van der Waals surface area contributed by atoms with Crippen LogP contribution in [0, 0.1) is 0 Å². The van der Waals surface area contributed by atoms with E-state index in [2.05, 4.69) is 6.92 Å². The zero-order valence-corrected chi connectivity index (χ0v) is 18.8. The van der Waals surface area contributed by atoms with Gasteiger partial charge in [-0.05, 0) is 61.7 Å². The van der Waals surface area contributed by atoms with E-state index >= 15 is 0 Å². The molecule has 31 heavy (non-hydrogen) atoms. The number of likely N-dealkylation sites (N-methyl/N-ethyl adjacent to an activating group) is 1. The van der Waals surface area contributed by atoms with Crippen LogP contribution >= 0.6 is 11.6 Å². The number of unbranched alkanes of at least 4 members (excludes halogenated alkanes) is 1. The Morgan fingerprint density at radius 2 is 1.71 bits per heavy atom. The van der Waals surface area contributed by atoms with E-state index in [0.717, 1.165) is 19.3 Å². The summed E-state index contributed by atoms with van der Waals surface area (Å²) in [6.07, 6.45) is 3.24. The van der Waals surface area contributed by atoms with Crippen molar-refractivity contribution in [2.75, 3.05) is 31.2 Å². The SMILES string of the molecule is CCCCc1ccc(C(=O)N(CC)CC(=O)N2CC(=O)N(c3ccc(Cl)cc3)C2)cc1. The van der Waals surface area contributed by atoms with Gasteiger partial charge in [0.1, 0.15) is 19.8 Å². The molecule has 1 heterocycles. The summed E-state index contributed by atoms with van der Waals surface area (Å²) in [6.45, 7) is 4.50. The van der Waals surface area contributed by atoms with Crippen LogP contribution in [0.15, 0.2) is 48.5 Å². The van der Waals surface area contributed by atoms with Gasteiger partial charge in [-0.3, -0.25) is 19.3 Å². The summed E-state index contributed by atoms with van der Waals surface area (Å²) in [4.78, 5) is 42.7. The quantitative estimate of drug-likeness (QED) is 0.622. The summed E-state index contributed by atoms with van der Waals surface area (Å²) < 4.78 is 0. The van der Waals surface area contributed by atoms with E-state index in [1.807, 2.05) is 31.2 Å². The number of rotatable bonds is 8. The van der Waals surface area contributed by atoms with Gasteiger partial charge in [-0.2, -0.15) is 0 Å². The minimum Gasteiger partial charge on any atom is -0.330 e. The number of aryl methyl sites for hydroxylation is 1. The molecule has 0 bridgehead atoms. The van der Waals surface area contributed by atoms with Crippen molar-refractivity contribution in [2.24, 2.45) is 0 Å². The van der Waals surface area contributed by atoms with Crippen molar-refractivity contribution in [3.63, 3.8) is 0 Å². The minimum absolute atomic E-state index is 0.000665. The van der Waals surface area contributed by atoms with Crippen LogP contribution in [0.2, 0.25) is 5.02 Å². The van der Waals surface area contributed by atoms with Gasteiger partial charge in [-0.15, -0.1) is 0 Å². The molecule has 3 amide bonds. The normalized spacial score (nSPS) is 13.6. The molecule has 1 aliphatic rings. The number of anilines is 1. The molecule has 2 aromatic rings. The van der Waals surface area contributed by atoms with Gasteiger partial charge < -0.3 is 9.80 Å². The fraction of sp³-hybridized carbons (Fsp3) is 0.375. The largest absolute Gasteiger partial charge is 0.330 e. The van der Waals surface area contributed by atoms with Crippen LogP contribution in [-0.2, 0) is 16.0 Å². The molecule has 0 saturated carbocycles. The topological polar surface area (TPSA) is 60.9 Å². The molecular weight excluding hydrogens is 414 g/mol. The molecule has 0 unspecified atom stereocenters. The summed E-state index contributed by atoms with van der Waals surface area (Å²) in [5.74, 6) is -0.592. The first-order valence-corrected chi connectivity index (χ1v) is 11.0. The maximum atomic E-state index is 12.9. The zero-order valence-electron chi connectivity index (χ0n) is 18.0. The highest BCUT2D eigenvalue weighted by molar-refractivity contribution is 6.30. The lowest BCUT2D eigenvalue weighted by molar-refractivity contribution is -0.132. The Morgan fingerprint density at radius 3 is 2.32 bits per heavy atom. The number of carbonyl (C=O) groups is 3. The van der Waals surface area contributed by atoms with E-state index in [1.165, 1.54) is 15.4 Å². The smallest absolute Gasteiger partial charge is 0.254 e. The first kappa shape index (κ1) is 22.8. The third-order valence-electron chi connectivity index (χ3n) is 5.45. The van der Waals surface area contributed by atoms with Crippen molar-refractivity contribution in [1.29, 1.82) is 0 Å². The number of benzene rings is 2. The first-order chi connectivity index (χ1) is 14.9. The fourth-order valence-corrected chi connectivity index (χ4v) is 3.66. The van der Waals surface area contributed by atoms with Gasteiger partial charge in [0.25, 0.3) is 5.91 Å². The van der Waals surface area contributed by atoms with E-state index in [1.54, 1.807) is 29.2 Å². The fourth-order valence-electron chi connectivity index (χ4n) is 3.53. The van der Waals surface area contributed by atoms with Crippen molar-refractivity contribution >= 4 is 35.0 Å². The van der Waals surface area contributed by atoms with E-state index < -0.39 is 0 Å². The average molecular weight is 442 g/mol. The third kappa shape index (κ3) is 5.64. The van der Waals surface area contributed by atoms with Gasteiger partial charge in [0.05, 0.1) is 0 Å². The first-order valence-electron chi connectivity index (χ1n) is 10.6. The van der Waals surface area contributed by atoms with E-state index in [0.29, 0.717) is 22.8 Å². The molecule has 7 heteroatoms. The third-order valence-corrected chi connectivity index (χ3v) is 5.70. The number of hydrogen-bond acceptors (Lipinski definition) is 3. The molecule has 0 atom stereocenters. The Bertz CT molecular complexity index is 928. The molecule has 6 nitrogen and oxygen atoms in total. The van der Waals surface area contributed by atoms with Crippen molar-refractivity contribution in [1.82, 2.24) is 9.80 Å². The Kier molecular flexibility index (Phi) is 7.69. The number of nitrogens with zero attached hydrogens (tertiary/aromatic N) is 3. The van der Waals surface area contributed by atoms with E-state index in [4.69, 9.17) is 11.6 Å². The minimum atomic E-state index is -0.250. The molecule has 2 aromatic carbocycles. The van der Waals surface area contributed by atoms with Gasteiger partial charge in [-0.25, -0.2) is 0 Å². The van der Waals surface area contributed by atoms with Crippen molar-refractivity contribution in [2.45, 2.75) is 33.1 Å². The Morgan fingerprint density at radius 1 is 1.03 bits per heavy atom. The second kappa shape index (κ2) is 10.4. The van der Waals surface area contributed by atoms with Crippen molar-refractivity contribution in [3.8, 4) is 0 Å². The van der Waals surface area contributed by atoms with Gasteiger partial charge in [0.15, 0.2) is 0 Å². The van der Waals surface area contributed by atoms with E-state index in [9.17, 15) is 14.4 Å². The van der Waals surface area contributed by atoms with Crippen molar-refractivity contribution in [3.05, 3.63) is 64.7 Å². The lowest BCUT2D eigenvalue weighted by Gasteiger charge is -2.24. The highest BCUT2D eigenvalue weighted by Crippen LogP contribution is 2.22. The lowest BCUT2D eigenvalue weighted by Crippen LogP contribution is -2.42. The average Bonchev–Trinajstić information content (AvgIpc) is 3.18. The second-order valence-electron chi connectivity index (χ2n) is 7.65. The summed E-state index contributed by atoms with van der Waals surface area (Å²) >= 11 is 5.91. The Balaban J connectivity index is 1.62. The number of halogens is 1. The zero-order chi connectivity index (χ0) is 22.4. The maximum Gasteiger partial charge on any atom is 0.254 e. The summed E-state index contributed by atoms with van der Waals surface area (Å²) in [6, 6.07) is 14.5. The van der Waals surface area contributed by atoms with Crippen molar-refractivity contribution < 1.29 is 14.4 Å². The summed E-state index contributed by atoms with van der Waals surface area (Å²) in [5.41, 5.74) is 2.46. The highest BCUT2D eigenvalue weighted by atomic mass is 35.5. The number of hydrogen-bond donors (Lipinski definition) is 0. The van der Waals surface area contributed by atoms with Gasteiger partial charge in [-0.1, -0.05) is 37.1 Å².